The number of nitrogens with zero attached hydrogens (tertiary/aromatic N) is 2. The number of aryl methyl sites for hydroxylation is 2. The van der Waals surface area contributed by atoms with Crippen LogP contribution in [0.3, 0.4) is 0 Å². The second-order valence-electron chi connectivity index (χ2n) is 4.12. The molecule has 1 aromatic rings. The molecule has 0 aromatic carbocycles. The SMILES string of the molecule is Cc1nn(C)c(I)c1C(C)(C)C. The van der Waals surface area contributed by atoms with E-state index in [9.17, 15) is 0 Å². The van der Waals surface area contributed by atoms with E-state index in [2.05, 4.69) is 55.4 Å². The largest absolute Gasteiger partial charge is 0.262 e. The van der Waals surface area contributed by atoms with Crippen LogP contribution in [-0.2, 0) is 12.5 Å². The molecule has 0 atom stereocenters. The summed E-state index contributed by atoms with van der Waals surface area (Å²) in [4.78, 5) is 0. The van der Waals surface area contributed by atoms with Gasteiger partial charge in [-0.15, -0.1) is 0 Å². The van der Waals surface area contributed by atoms with E-state index in [-0.39, 0.29) is 5.41 Å². The quantitative estimate of drug-likeness (QED) is 0.667. The van der Waals surface area contributed by atoms with Crippen LogP contribution < -0.4 is 0 Å². The molecular formula is C9H15IN2. The summed E-state index contributed by atoms with van der Waals surface area (Å²) in [5.41, 5.74) is 2.72. The van der Waals surface area contributed by atoms with Crippen LogP contribution in [0.2, 0.25) is 0 Å². The summed E-state index contributed by atoms with van der Waals surface area (Å²) in [5, 5.41) is 4.39. The molecule has 0 N–H and O–H groups in total. The minimum absolute atomic E-state index is 0.203. The van der Waals surface area contributed by atoms with E-state index >= 15 is 0 Å². The fourth-order valence-corrected chi connectivity index (χ4v) is 2.79. The van der Waals surface area contributed by atoms with Crippen LogP contribution in [0.25, 0.3) is 0 Å². The van der Waals surface area contributed by atoms with Gasteiger partial charge >= 0.3 is 0 Å². The Morgan fingerprint density at radius 2 is 1.83 bits per heavy atom. The smallest absolute Gasteiger partial charge is 0.103 e. The summed E-state index contributed by atoms with van der Waals surface area (Å²) in [7, 11) is 1.99. The van der Waals surface area contributed by atoms with Gasteiger partial charge in [-0.2, -0.15) is 5.10 Å². The van der Waals surface area contributed by atoms with Gasteiger partial charge in [0, 0.05) is 12.6 Å². The van der Waals surface area contributed by atoms with Gasteiger partial charge in [0.2, 0.25) is 0 Å². The van der Waals surface area contributed by atoms with Crippen molar-refractivity contribution in [3.05, 3.63) is 15.0 Å². The van der Waals surface area contributed by atoms with Crippen molar-refractivity contribution in [2.75, 3.05) is 0 Å². The van der Waals surface area contributed by atoms with Crippen molar-refractivity contribution >= 4 is 22.6 Å². The summed E-state index contributed by atoms with van der Waals surface area (Å²) in [6.07, 6.45) is 0. The molecule has 0 aliphatic carbocycles. The fraction of sp³-hybridized carbons (Fsp3) is 0.667. The number of hydrogen-bond donors (Lipinski definition) is 0. The van der Waals surface area contributed by atoms with Crippen molar-refractivity contribution in [1.29, 1.82) is 0 Å². The Labute approximate surface area is 87.5 Å². The molecule has 1 heterocycles. The minimum atomic E-state index is 0.203. The van der Waals surface area contributed by atoms with Crippen LogP contribution in [0.1, 0.15) is 32.0 Å². The zero-order chi connectivity index (χ0) is 9.52. The molecule has 3 heteroatoms. The summed E-state index contributed by atoms with van der Waals surface area (Å²) >= 11 is 2.35. The predicted molar refractivity (Wildman–Crippen MR) is 59.4 cm³/mol. The van der Waals surface area contributed by atoms with Crippen molar-refractivity contribution in [3.8, 4) is 0 Å². The normalized spacial score (nSPS) is 12.2. The topological polar surface area (TPSA) is 17.8 Å². The Kier molecular flexibility index (Phi) is 2.52. The van der Waals surface area contributed by atoms with Gasteiger partial charge in [-0.05, 0) is 34.9 Å². The van der Waals surface area contributed by atoms with Crippen molar-refractivity contribution in [1.82, 2.24) is 9.78 Å². The molecule has 0 aliphatic heterocycles. The zero-order valence-electron chi connectivity index (χ0n) is 8.27. The third-order valence-corrected chi connectivity index (χ3v) is 3.14. The maximum absolute atomic E-state index is 4.39. The van der Waals surface area contributed by atoms with Crippen molar-refractivity contribution in [2.24, 2.45) is 7.05 Å². The highest BCUT2D eigenvalue weighted by Gasteiger charge is 2.23. The first-order chi connectivity index (χ1) is 5.34. The molecule has 0 bridgehead atoms. The van der Waals surface area contributed by atoms with Crippen molar-refractivity contribution in [3.63, 3.8) is 0 Å². The standard InChI is InChI=1S/C9H15IN2/c1-6-7(9(2,3)4)8(10)12(5)11-6/h1-5H3. The van der Waals surface area contributed by atoms with E-state index in [0.717, 1.165) is 5.69 Å². The molecule has 0 saturated carbocycles. The van der Waals surface area contributed by atoms with Crippen LogP contribution in [0.4, 0.5) is 0 Å². The van der Waals surface area contributed by atoms with E-state index in [0.29, 0.717) is 0 Å². The van der Waals surface area contributed by atoms with Crippen LogP contribution >= 0.6 is 22.6 Å². The van der Waals surface area contributed by atoms with E-state index in [1.54, 1.807) is 0 Å². The highest BCUT2D eigenvalue weighted by atomic mass is 127. The van der Waals surface area contributed by atoms with Gasteiger partial charge in [-0.1, -0.05) is 20.8 Å². The van der Waals surface area contributed by atoms with Crippen LogP contribution in [-0.4, -0.2) is 9.78 Å². The molecule has 1 rings (SSSR count). The fourth-order valence-electron chi connectivity index (χ4n) is 1.48. The van der Waals surface area contributed by atoms with Gasteiger partial charge in [0.05, 0.1) is 5.69 Å². The van der Waals surface area contributed by atoms with Crippen LogP contribution in [0.15, 0.2) is 0 Å². The van der Waals surface area contributed by atoms with E-state index < -0.39 is 0 Å². The van der Waals surface area contributed by atoms with Gasteiger partial charge in [0.1, 0.15) is 3.70 Å². The number of rotatable bonds is 0. The molecule has 0 radical (unpaired) electrons. The molecular weight excluding hydrogens is 263 g/mol. The molecule has 0 spiro atoms. The molecule has 0 aliphatic rings. The molecule has 2 nitrogen and oxygen atoms in total. The molecule has 68 valence electrons. The Bertz CT molecular complexity index is 294. The average Bonchev–Trinajstić information content (AvgIpc) is 2.05. The minimum Gasteiger partial charge on any atom is -0.262 e. The summed E-state index contributed by atoms with van der Waals surface area (Å²) in [6, 6.07) is 0. The van der Waals surface area contributed by atoms with Crippen molar-refractivity contribution in [2.45, 2.75) is 33.1 Å². The monoisotopic (exact) mass is 278 g/mol. The highest BCUT2D eigenvalue weighted by molar-refractivity contribution is 14.1. The Morgan fingerprint density at radius 1 is 1.33 bits per heavy atom. The van der Waals surface area contributed by atoms with E-state index in [1.807, 2.05) is 11.7 Å². The van der Waals surface area contributed by atoms with Gasteiger partial charge < -0.3 is 0 Å². The van der Waals surface area contributed by atoms with Gasteiger partial charge in [0.25, 0.3) is 0 Å². The molecule has 1 aromatic heterocycles. The van der Waals surface area contributed by atoms with Crippen molar-refractivity contribution < 1.29 is 0 Å². The lowest BCUT2D eigenvalue weighted by molar-refractivity contribution is 0.581. The first-order valence-corrected chi connectivity index (χ1v) is 5.11. The maximum Gasteiger partial charge on any atom is 0.103 e. The molecule has 0 amide bonds. The number of aromatic nitrogens is 2. The summed E-state index contributed by atoms with van der Waals surface area (Å²) in [6.45, 7) is 8.74. The lowest BCUT2D eigenvalue weighted by Crippen LogP contribution is -2.13. The first-order valence-electron chi connectivity index (χ1n) is 4.03. The first kappa shape index (κ1) is 10.0. The number of hydrogen-bond acceptors (Lipinski definition) is 1. The zero-order valence-corrected chi connectivity index (χ0v) is 10.4. The lowest BCUT2D eigenvalue weighted by Gasteiger charge is -2.18. The summed E-state index contributed by atoms with van der Waals surface area (Å²) in [5.74, 6) is 0. The maximum atomic E-state index is 4.39. The Balaban J connectivity index is 3.32. The highest BCUT2D eigenvalue weighted by Crippen LogP contribution is 2.29. The van der Waals surface area contributed by atoms with E-state index in [4.69, 9.17) is 0 Å². The van der Waals surface area contributed by atoms with Gasteiger partial charge in [-0.25, -0.2) is 0 Å². The second kappa shape index (κ2) is 3.01. The molecule has 12 heavy (non-hydrogen) atoms. The summed E-state index contributed by atoms with van der Waals surface area (Å²) < 4.78 is 3.19. The second-order valence-corrected chi connectivity index (χ2v) is 5.15. The number of halogens is 1. The molecule has 0 unspecified atom stereocenters. The molecule has 0 fully saturated rings. The third kappa shape index (κ3) is 1.65. The molecule has 0 saturated heterocycles. The van der Waals surface area contributed by atoms with Crippen LogP contribution in [0.5, 0.6) is 0 Å². The predicted octanol–water partition coefficient (Wildman–Crippen LogP) is 2.63. The third-order valence-electron chi connectivity index (χ3n) is 1.90. The van der Waals surface area contributed by atoms with Crippen LogP contribution in [0, 0.1) is 10.6 Å². The Hall–Kier alpha value is -0.0600. The van der Waals surface area contributed by atoms with Gasteiger partial charge in [-0.3, -0.25) is 4.68 Å². The Morgan fingerprint density at radius 3 is 2.00 bits per heavy atom. The average molecular weight is 278 g/mol. The van der Waals surface area contributed by atoms with E-state index in [1.165, 1.54) is 9.26 Å². The lowest BCUT2D eigenvalue weighted by atomic mass is 9.88. The van der Waals surface area contributed by atoms with Gasteiger partial charge in [0.15, 0.2) is 0 Å².